The molecule has 1 unspecified atom stereocenters. The van der Waals surface area contributed by atoms with Gasteiger partial charge in [-0.25, -0.2) is 0 Å². The number of rotatable bonds is 8. The van der Waals surface area contributed by atoms with Crippen molar-refractivity contribution in [3.05, 3.63) is 24.3 Å². The summed E-state index contributed by atoms with van der Waals surface area (Å²) in [5.74, 6) is 1.82. The van der Waals surface area contributed by atoms with Gasteiger partial charge in [-0.3, -0.25) is 9.89 Å². The Labute approximate surface area is 158 Å². The van der Waals surface area contributed by atoms with E-state index in [9.17, 15) is 0 Å². The van der Waals surface area contributed by atoms with Crippen LogP contribution in [0.5, 0.6) is 5.75 Å². The van der Waals surface area contributed by atoms with Crippen molar-refractivity contribution in [2.75, 3.05) is 58.3 Å². The second-order valence-corrected chi connectivity index (χ2v) is 6.83. The minimum absolute atomic E-state index is 0.451. The normalized spacial score (nSPS) is 17.1. The van der Waals surface area contributed by atoms with Crippen LogP contribution in [0.4, 0.5) is 5.69 Å². The first-order chi connectivity index (χ1) is 12.7. The fourth-order valence-corrected chi connectivity index (χ4v) is 3.06. The van der Waals surface area contributed by atoms with E-state index in [0.717, 1.165) is 63.8 Å². The van der Waals surface area contributed by atoms with Gasteiger partial charge in [-0.15, -0.1) is 0 Å². The summed E-state index contributed by atoms with van der Waals surface area (Å²) in [7, 11) is 3.54. The van der Waals surface area contributed by atoms with Crippen LogP contribution < -0.4 is 20.3 Å². The van der Waals surface area contributed by atoms with Gasteiger partial charge in [0.05, 0.1) is 7.11 Å². The maximum atomic E-state index is 5.24. The van der Waals surface area contributed by atoms with Crippen LogP contribution >= 0.6 is 0 Å². The quantitative estimate of drug-likeness (QED) is 0.422. The lowest BCUT2D eigenvalue weighted by Crippen LogP contribution is -2.47. The first-order valence-electron chi connectivity index (χ1n) is 9.74. The minimum atomic E-state index is 0.451. The van der Waals surface area contributed by atoms with Gasteiger partial charge in [-0.05, 0) is 50.6 Å². The van der Waals surface area contributed by atoms with Crippen LogP contribution in [0.15, 0.2) is 29.3 Å². The van der Waals surface area contributed by atoms with E-state index in [2.05, 4.69) is 51.4 Å². The highest BCUT2D eigenvalue weighted by molar-refractivity contribution is 5.79. The standard InChI is InChI=1S/C20H35N5O/c1-5-17(2)23-20(21-3)22-11-6-12-24-13-15-25(16-14-24)18-7-9-19(26-4)10-8-18/h7-10,17H,5-6,11-16H2,1-4H3,(H2,21,22,23). The highest BCUT2D eigenvalue weighted by Gasteiger charge is 2.16. The molecule has 0 saturated carbocycles. The van der Waals surface area contributed by atoms with Crippen molar-refractivity contribution in [3.8, 4) is 5.75 Å². The summed E-state index contributed by atoms with van der Waals surface area (Å²) >= 11 is 0. The molecular weight excluding hydrogens is 326 g/mol. The van der Waals surface area contributed by atoms with Crippen LogP contribution in [-0.2, 0) is 0 Å². The molecule has 1 heterocycles. The second kappa shape index (κ2) is 10.9. The van der Waals surface area contributed by atoms with Crippen LogP contribution in [0.1, 0.15) is 26.7 Å². The lowest BCUT2D eigenvalue weighted by molar-refractivity contribution is 0.255. The first-order valence-corrected chi connectivity index (χ1v) is 9.74. The van der Waals surface area contributed by atoms with Gasteiger partial charge in [0.1, 0.15) is 5.75 Å². The number of methoxy groups -OCH3 is 1. The smallest absolute Gasteiger partial charge is 0.191 e. The van der Waals surface area contributed by atoms with Crippen LogP contribution in [0.3, 0.4) is 0 Å². The van der Waals surface area contributed by atoms with Crippen molar-refractivity contribution in [1.82, 2.24) is 15.5 Å². The van der Waals surface area contributed by atoms with Crippen molar-refractivity contribution in [2.24, 2.45) is 4.99 Å². The van der Waals surface area contributed by atoms with Crippen LogP contribution in [-0.4, -0.2) is 70.3 Å². The maximum absolute atomic E-state index is 5.24. The molecule has 0 spiro atoms. The zero-order chi connectivity index (χ0) is 18.8. The van der Waals surface area contributed by atoms with E-state index in [1.807, 2.05) is 19.2 Å². The third-order valence-electron chi connectivity index (χ3n) is 4.97. The SMILES string of the molecule is CCC(C)NC(=NC)NCCCN1CCN(c2ccc(OC)cc2)CC1. The Hall–Kier alpha value is -1.95. The maximum Gasteiger partial charge on any atom is 0.191 e. The molecule has 1 aromatic rings. The van der Waals surface area contributed by atoms with Gasteiger partial charge in [0.2, 0.25) is 0 Å². The molecule has 1 fully saturated rings. The van der Waals surface area contributed by atoms with Gasteiger partial charge in [-0.2, -0.15) is 0 Å². The number of nitrogens with zero attached hydrogens (tertiary/aromatic N) is 3. The van der Waals surface area contributed by atoms with Gasteiger partial charge >= 0.3 is 0 Å². The van der Waals surface area contributed by atoms with E-state index < -0.39 is 0 Å². The zero-order valence-corrected chi connectivity index (χ0v) is 16.8. The van der Waals surface area contributed by atoms with E-state index in [1.54, 1.807) is 7.11 Å². The van der Waals surface area contributed by atoms with Crippen LogP contribution in [0.2, 0.25) is 0 Å². The zero-order valence-electron chi connectivity index (χ0n) is 16.8. The molecule has 1 aromatic carbocycles. The Bertz CT molecular complexity index is 538. The van der Waals surface area contributed by atoms with Gasteiger partial charge in [-0.1, -0.05) is 6.92 Å². The number of aliphatic imine (C=N–C) groups is 1. The average Bonchev–Trinajstić information content (AvgIpc) is 2.70. The number of ether oxygens (including phenoxy) is 1. The Balaban J connectivity index is 1.64. The van der Waals surface area contributed by atoms with E-state index in [4.69, 9.17) is 4.74 Å². The van der Waals surface area contributed by atoms with Crippen molar-refractivity contribution in [1.29, 1.82) is 0 Å². The third kappa shape index (κ3) is 6.41. The highest BCUT2D eigenvalue weighted by Crippen LogP contribution is 2.20. The highest BCUT2D eigenvalue weighted by atomic mass is 16.5. The first kappa shape index (κ1) is 20.4. The third-order valence-corrected chi connectivity index (χ3v) is 4.97. The largest absolute Gasteiger partial charge is 0.497 e. The van der Waals surface area contributed by atoms with Gasteiger partial charge in [0.15, 0.2) is 5.96 Å². The lowest BCUT2D eigenvalue weighted by atomic mass is 10.2. The molecule has 0 radical (unpaired) electrons. The number of piperazine rings is 1. The van der Waals surface area contributed by atoms with Gasteiger partial charge in [0.25, 0.3) is 0 Å². The predicted octanol–water partition coefficient (Wildman–Crippen LogP) is 2.17. The Morgan fingerprint density at radius 1 is 1.19 bits per heavy atom. The monoisotopic (exact) mass is 361 g/mol. The summed E-state index contributed by atoms with van der Waals surface area (Å²) in [6.45, 7) is 10.8. The molecule has 26 heavy (non-hydrogen) atoms. The predicted molar refractivity (Wildman–Crippen MR) is 111 cm³/mol. The summed E-state index contributed by atoms with van der Waals surface area (Å²) in [6, 6.07) is 8.82. The number of anilines is 1. The molecule has 1 atom stereocenters. The summed E-state index contributed by atoms with van der Waals surface area (Å²) in [5.41, 5.74) is 1.28. The average molecular weight is 362 g/mol. The number of guanidine groups is 1. The molecule has 1 aliphatic rings. The second-order valence-electron chi connectivity index (χ2n) is 6.83. The summed E-state index contributed by atoms with van der Waals surface area (Å²) in [4.78, 5) is 9.28. The van der Waals surface area contributed by atoms with Crippen molar-refractivity contribution in [3.63, 3.8) is 0 Å². The van der Waals surface area contributed by atoms with Gasteiger partial charge in [0, 0.05) is 51.5 Å². The fraction of sp³-hybridized carbons (Fsp3) is 0.650. The summed E-state index contributed by atoms with van der Waals surface area (Å²) < 4.78 is 5.24. The number of nitrogens with one attached hydrogen (secondary N) is 2. The molecule has 1 aliphatic heterocycles. The summed E-state index contributed by atoms with van der Waals surface area (Å²) in [6.07, 6.45) is 2.23. The van der Waals surface area contributed by atoms with E-state index in [0.29, 0.717) is 6.04 Å². The Kier molecular flexibility index (Phi) is 8.54. The molecule has 6 nitrogen and oxygen atoms in total. The van der Waals surface area contributed by atoms with E-state index in [-0.39, 0.29) is 0 Å². The number of hydrogen-bond donors (Lipinski definition) is 2. The Morgan fingerprint density at radius 3 is 2.46 bits per heavy atom. The molecule has 0 bridgehead atoms. The van der Waals surface area contributed by atoms with Crippen molar-refractivity contribution < 1.29 is 4.74 Å². The Morgan fingerprint density at radius 2 is 1.88 bits per heavy atom. The molecule has 6 heteroatoms. The van der Waals surface area contributed by atoms with Crippen LogP contribution in [0.25, 0.3) is 0 Å². The minimum Gasteiger partial charge on any atom is -0.497 e. The number of hydrogen-bond acceptors (Lipinski definition) is 4. The van der Waals surface area contributed by atoms with E-state index >= 15 is 0 Å². The molecule has 2 rings (SSSR count). The molecule has 0 aliphatic carbocycles. The fourth-order valence-electron chi connectivity index (χ4n) is 3.06. The van der Waals surface area contributed by atoms with Crippen molar-refractivity contribution in [2.45, 2.75) is 32.7 Å². The van der Waals surface area contributed by atoms with E-state index in [1.165, 1.54) is 5.69 Å². The molecular formula is C20H35N5O. The van der Waals surface area contributed by atoms with Crippen molar-refractivity contribution >= 4 is 11.6 Å². The molecule has 0 amide bonds. The molecule has 0 aromatic heterocycles. The number of benzene rings is 1. The summed E-state index contributed by atoms with van der Waals surface area (Å²) in [5, 5.41) is 6.81. The van der Waals surface area contributed by atoms with Gasteiger partial charge < -0.3 is 20.3 Å². The topological polar surface area (TPSA) is 52.1 Å². The van der Waals surface area contributed by atoms with Crippen LogP contribution in [0, 0.1) is 0 Å². The molecule has 146 valence electrons. The molecule has 2 N–H and O–H groups in total. The molecule has 1 saturated heterocycles. The lowest BCUT2D eigenvalue weighted by Gasteiger charge is -2.36.